The van der Waals surface area contributed by atoms with Crippen LogP contribution in [0.4, 0.5) is 11.4 Å². The van der Waals surface area contributed by atoms with Gasteiger partial charge in [-0.3, -0.25) is 19.8 Å². The normalized spacial score (nSPS) is 15.3. The van der Waals surface area contributed by atoms with Gasteiger partial charge in [0.1, 0.15) is 17.3 Å². The van der Waals surface area contributed by atoms with Crippen LogP contribution >= 0.6 is 24.0 Å². The summed E-state index contributed by atoms with van der Waals surface area (Å²) in [5.74, 6) is 0.813. The molecule has 1 fully saturated rings. The molecule has 0 saturated carbocycles. The number of hydrogen-bond acceptors (Lipinski definition) is 7. The van der Waals surface area contributed by atoms with Crippen molar-refractivity contribution in [1.29, 1.82) is 0 Å². The van der Waals surface area contributed by atoms with E-state index in [1.807, 2.05) is 0 Å². The highest BCUT2D eigenvalue weighted by Gasteiger charge is 2.33. The molecule has 9 heteroatoms. The molecule has 144 valence electrons. The van der Waals surface area contributed by atoms with Gasteiger partial charge < -0.3 is 9.52 Å². The zero-order chi connectivity index (χ0) is 20.5. The minimum absolute atomic E-state index is 0.00145. The lowest BCUT2D eigenvalue weighted by molar-refractivity contribution is -0.384. The van der Waals surface area contributed by atoms with Crippen molar-refractivity contribution in [1.82, 2.24) is 0 Å². The van der Waals surface area contributed by atoms with Crippen LogP contribution in [0.2, 0.25) is 0 Å². The van der Waals surface area contributed by atoms with Gasteiger partial charge in [0.25, 0.3) is 11.6 Å². The monoisotopic (exact) mass is 424 g/mol. The van der Waals surface area contributed by atoms with Crippen LogP contribution in [0.3, 0.4) is 0 Å². The number of thiocarbonyl (C=S) groups is 1. The lowest BCUT2D eigenvalue weighted by Gasteiger charge is -2.14. The van der Waals surface area contributed by atoms with E-state index in [0.29, 0.717) is 32.0 Å². The number of hydrogen-bond donors (Lipinski definition) is 1. The summed E-state index contributed by atoms with van der Waals surface area (Å²) in [4.78, 5) is 24.9. The summed E-state index contributed by atoms with van der Waals surface area (Å²) < 4.78 is 6.15. The Morgan fingerprint density at radius 3 is 2.41 bits per heavy atom. The Hall–Kier alpha value is -3.43. The van der Waals surface area contributed by atoms with Crippen molar-refractivity contribution in [2.45, 2.75) is 0 Å². The number of phenols is 1. The van der Waals surface area contributed by atoms with E-state index in [1.165, 1.54) is 29.2 Å². The largest absolute Gasteiger partial charge is 0.508 e. The van der Waals surface area contributed by atoms with E-state index in [1.54, 1.807) is 42.5 Å². The average molecular weight is 424 g/mol. The molecule has 1 aromatic heterocycles. The molecule has 0 atom stereocenters. The number of carbonyl (C=O) groups excluding carboxylic acids is 1. The van der Waals surface area contributed by atoms with Crippen molar-refractivity contribution in [2.24, 2.45) is 0 Å². The summed E-state index contributed by atoms with van der Waals surface area (Å²) in [6.07, 6.45) is 1.61. The summed E-state index contributed by atoms with van der Waals surface area (Å²) in [7, 11) is 0. The number of furan rings is 1. The van der Waals surface area contributed by atoms with Crippen LogP contribution < -0.4 is 4.90 Å². The van der Waals surface area contributed by atoms with E-state index in [0.717, 1.165) is 11.8 Å². The quantitative estimate of drug-likeness (QED) is 0.273. The molecule has 0 radical (unpaired) electrons. The minimum Gasteiger partial charge on any atom is -0.508 e. The van der Waals surface area contributed by atoms with E-state index in [-0.39, 0.29) is 17.3 Å². The zero-order valence-corrected chi connectivity index (χ0v) is 16.3. The molecule has 1 aliphatic rings. The first-order valence-corrected chi connectivity index (χ1v) is 9.56. The van der Waals surface area contributed by atoms with Crippen molar-refractivity contribution < 1.29 is 19.2 Å². The Balaban J connectivity index is 1.57. The highest BCUT2D eigenvalue weighted by atomic mass is 32.2. The smallest absolute Gasteiger partial charge is 0.270 e. The highest BCUT2D eigenvalue weighted by Crippen LogP contribution is 2.37. The number of carbonyl (C=O) groups is 1. The maximum atomic E-state index is 12.8. The van der Waals surface area contributed by atoms with Crippen LogP contribution in [0.1, 0.15) is 5.76 Å². The first kappa shape index (κ1) is 18.9. The number of benzene rings is 2. The van der Waals surface area contributed by atoms with E-state index in [9.17, 15) is 20.0 Å². The molecule has 1 aliphatic heterocycles. The standard InChI is InChI=1S/C20H12N2O5S2/c23-15-7-5-13(6-8-15)21-19(24)18(29-20(21)28)11-16-9-10-17(27-16)12-1-3-14(4-2-12)22(25)26/h1-11,23H/b18-11+. The summed E-state index contributed by atoms with van der Waals surface area (Å²) in [5.41, 5.74) is 1.25. The lowest BCUT2D eigenvalue weighted by atomic mass is 10.1. The number of rotatable bonds is 4. The number of amides is 1. The van der Waals surface area contributed by atoms with E-state index < -0.39 is 4.92 Å². The fourth-order valence-corrected chi connectivity index (χ4v) is 4.03. The number of nitro groups is 1. The Bertz CT molecular complexity index is 1150. The molecule has 0 spiro atoms. The maximum absolute atomic E-state index is 12.8. The molecule has 7 nitrogen and oxygen atoms in total. The van der Waals surface area contributed by atoms with Gasteiger partial charge in [-0.1, -0.05) is 24.0 Å². The van der Waals surface area contributed by atoms with E-state index in [4.69, 9.17) is 16.6 Å². The van der Waals surface area contributed by atoms with E-state index in [2.05, 4.69) is 0 Å². The number of nitrogens with zero attached hydrogens (tertiary/aromatic N) is 2. The second-order valence-corrected chi connectivity index (χ2v) is 7.72. The summed E-state index contributed by atoms with van der Waals surface area (Å²) in [6.45, 7) is 0. The average Bonchev–Trinajstić information content (AvgIpc) is 3.28. The minimum atomic E-state index is -0.465. The molecule has 1 N–H and O–H groups in total. The molecular weight excluding hydrogens is 412 g/mol. The third-order valence-electron chi connectivity index (χ3n) is 4.16. The number of anilines is 1. The second kappa shape index (κ2) is 7.53. The second-order valence-electron chi connectivity index (χ2n) is 6.04. The van der Waals surface area contributed by atoms with Gasteiger partial charge in [0.15, 0.2) is 4.32 Å². The molecule has 2 aromatic carbocycles. The summed E-state index contributed by atoms with van der Waals surface area (Å²) in [6, 6.07) is 15.7. The third kappa shape index (κ3) is 3.78. The van der Waals surface area contributed by atoms with Crippen molar-refractivity contribution in [3.05, 3.63) is 81.4 Å². The van der Waals surface area contributed by atoms with Crippen LogP contribution in [0.5, 0.6) is 5.75 Å². The van der Waals surface area contributed by atoms with Crippen LogP contribution in [-0.4, -0.2) is 20.3 Å². The van der Waals surface area contributed by atoms with Gasteiger partial charge in [0, 0.05) is 23.8 Å². The van der Waals surface area contributed by atoms with Gasteiger partial charge in [0.05, 0.1) is 15.5 Å². The highest BCUT2D eigenvalue weighted by molar-refractivity contribution is 8.27. The first-order chi connectivity index (χ1) is 13.9. The molecule has 29 heavy (non-hydrogen) atoms. The number of phenolic OH excluding ortho intramolecular Hbond substituents is 1. The Morgan fingerprint density at radius 1 is 1.07 bits per heavy atom. The van der Waals surface area contributed by atoms with Gasteiger partial charge in [0.2, 0.25) is 0 Å². The van der Waals surface area contributed by atoms with Crippen LogP contribution in [0, 0.1) is 10.1 Å². The van der Waals surface area contributed by atoms with Crippen molar-refractivity contribution in [3.8, 4) is 17.1 Å². The predicted octanol–water partition coefficient (Wildman–Crippen LogP) is 4.97. The van der Waals surface area contributed by atoms with Gasteiger partial charge in [-0.15, -0.1) is 0 Å². The fraction of sp³-hybridized carbons (Fsp3) is 0. The molecule has 2 heterocycles. The molecule has 1 amide bonds. The summed E-state index contributed by atoms with van der Waals surface area (Å²) >= 11 is 6.48. The number of thioether (sulfide) groups is 1. The van der Waals surface area contributed by atoms with Gasteiger partial charge in [-0.2, -0.15) is 0 Å². The Kier molecular flexibility index (Phi) is 4.91. The molecule has 0 unspecified atom stereocenters. The Morgan fingerprint density at radius 2 is 1.76 bits per heavy atom. The van der Waals surface area contributed by atoms with Gasteiger partial charge in [-0.05, 0) is 48.5 Å². The lowest BCUT2D eigenvalue weighted by Crippen LogP contribution is -2.27. The van der Waals surface area contributed by atoms with Crippen molar-refractivity contribution in [2.75, 3.05) is 4.90 Å². The molecule has 1 saturated heterocycles. The van der Waals surface area contributed by atoms with E-state index >= 15 is 0 Å². The maximum Gasteiger partial charge on any atom is 0.270 e. The van der Waals surface area contributed by atoms with Crippen LogP contribution in [0.15, 0.2) is 70.0 Å². The molecule has 4 rings (SSSR count). The topological polar surface area (TPSA) is 96.8 Å². The number of nitro benzene ring substituents is 1. The van der Waals surface area contributed by atoms with Crippen molar-refractivity contribution >= 4 is 51.7 Å². The van der Waals surface area contributed by atoms with Crippen LogP contribution in [-0.2, 0) is 4.79 Å². The SMILES string of the molecule is O=C1/C(=C\c2ccc(-c3ccc([N+](=O)[O-])cc3)o2)SC(=S)N1c1ccc(O)cc1. The number of aromatic hydroxyl groups is 1. The molecule has 3 aromatic rings. The molecular formula is C20H12N2O5S2. The molecule has 0 aliphatic carbocycles. The third-order valence-corrected chi connectivity index (χ3v) is 5.47. The van der Waals surface area contributed by atoms with Gasteiger partial charge >= 0.3 is 0 Å². The molecule has 0 bridgehead atoms. The number of non-ortho nitro benzene ring substituents is 1. The predicted molar refractivity (Wildman–Crippen MR) is 115 cm³/mol. The zero-order valence-electron chi connectivity index (χ0n) is 14.6. The fourth-order valence-electron chi connectivity index (χ4n) is 2.75. The Labute approximate surface area is 174 Å². The van der Waals surface area contributed by atoms with Crippen molar-refractivity contribution in [3.63, 3.8) is 0 Å². The van der Waals surface area contributed by atoms with Gasteiger partial charge in [-0.25, -0.2) is 0 Å². The summed E-state index contributed by atoms with van der Waals surface area (Å²) in [5, 5.41) is 20.2. The van der Waals surface area contributed by atoms with Crippen LogP contribution in [0.25, 0.3) is 17.4 Å². The first-order valence-electron chi connectivity index (χ1n) is 8.34.